The number of hydrogen-bond acceptors (Lipinski definition) is 2. The number of nitrogens with two attached hydrogens (primary N) is 1. The van der Waals surface area contributed by atoms with E-state index in [1.165, 1.54) is 35.2 Å². The highest BCUT2D eigenvalue weighted by Gasteiger charge is 2.17. The van der Waals surface area contributed by atoms with Gasteiger partial charge in [0, 0.05) is 23.5 Å². The number of halogens is 2. The second kappa shape index (κ2) is 5.69. The Morgan fingerprint density at radius 3 is 2.30 bits per heavy atom. The molecule has 0 aliphatic carbocycles. The van der Waals surface area contributed by atoms with Crippen molar-refractivity contribution in [2.75, 3.05) is 17.2 Å². The maximum absolute atomic E-state index is 13.3. The molecule has 0 aliphatic rings. The molecule has 5 heteroatoms. The summed E-state index contributed by atoms with van der Waals surface area (Å²) in [4.78, 5) is 13.8. The summed E-state index contributed by atoms with van der Waals surface area (Å²) >= 11 is 0. The van der Waals surface area contributed by atoms with Crippen LogP contribution in [0.1, 0.15) is 17.3 Å². The third kappa shape index (κ3) is 2.93. The predicted molar refractivity (Wildman–Crippen MR) is 74.6 cm³/mol. The van der Waals surface area contributed by atoms with Crippen molar-refractivity contribution in [3.8, 4) is 0 Å². The lowest BCUT2D eigenvalue weighted by Crippen LogP contribution is -2.30. The Balaban J connectivity index is 2.36. The van der Waals surface area contributed by atoms with Gasteiger partial charge in [-0.25, -0.2) is 8.78 Å². The van der Waals surface area contributed by atoms with Crippen LogP contribution in [0.4, 0.5) is 20.2 Å². The minimum absolute atomic E-state index is 0.161. The van der Waals surface area contributed by atoms with Crippen molar-refractivity contribution < 1.29 is 13.6 Å². The number of benzene rings is 2. The average molecular weight is 276 g/mol. The molecule has 3 nitrogen and oxygen atoms in total. The van der Waals surface area contributed by atoms with Gasteiger partial charge in [0.05, 0.1) is 0 Å². The summed E-state index contributed by atoms with van der Waals surface area (Å²) in [6.45, 7) is 2.16. The van der Waals surface area contributed by atoms with Crippen LogP contribution in [0.2, 0.25) is 0 Å². The Morgan fingerprint density at radius 2 is 1.75 bits per heavy atom. The molecule has 104 valence electrons. The molecule has 0 aliphatic heterocycles. The number of nitrogen functional groups attached to an aromatic ring is 1. The summed E-state index contributed by atoms with van der Waals surface area (Å²) in [7, 11) is 0. The zero-order valence-corrected chi connectivity index (χ0v) is 10.9. The maximum atomic E-state index is 13.3. The monoisotopic (exact) mass is 276 g/mol. The summed E-state index contributed by atoms with van der Waals surface area (Å²) in [5.41, 5.74) is 6.42. The van der Waals surface area contributed by atoms with Crippen molar-refractivity contribution in [1.29, 1.82) is 0 Å². The van der Waals surface area contributed by atoms with Gasteiger partial charge in [0.15, 0.2) is 0 Å². The molecule has 2 N–H and O–H groups in total. The summed E-state index contributed by atoms with van der Waals surface area (Å²) in [5.74, 6) is -1.33. The fraction of sp³-hybridized carbons (Fsp3) is 0.133. The standard InChI is InChI=1S/C15H14F2N2O/c1-2-19(14-5-3-11(16)4-6-14)15(20)10-7-12(17)9-13(18)8-10/h3-9H,2,18H2,1H3. The molecule has 0 saturated carbocycles. The van der Waals surface area contributed by atoms with Gasteiger partial charge in [-0.05, 0) is 49.4 Å². The number of amides is 1. The third-order valence-corrected chi connectivity index (χ3v) is 2.87. The van der Waals surface area contributed by atoms with Gasteiger partial charge >= 0.3 is 0 Å². The maximum Gasteiger partial charge on any atom is 0.258 e. The molecule has 2 rings (SSSR count). The minimum Gasteiger partial charge on any atom is -0.399 e. The van der Waals surface area contributed by atoms with Crippen LogP contribution in [0.3, 0.4) is 0 Å². The molecule has 0 aromatic heterocycles. The number of anilines is 2. The number of rotatable bonds is 3. The molecule has 0 bridgehead atoms. The van der Waals surface area contributed by atoms with E-state index in [0.717, 1.165) is 12.1 Å². The van der Waals surface area contributed by atoms with E-state index >= 15 is 0 Å². The predicted octanol–water partition coefficient (Wildman–Crippen LogP) is 3.21. The van der Waals surface area contributed by atoms with Crippen molar-refractivity contribution in [3.63, 3.8) is 0 Å². The van der Waals surface area contributed by atoms with Gasteiger partial charge in [0.25, 0.3) is 5.91 Å². The molecule has 0 unspecified atom stereocenters. The summed E-state index contributed by atoms with van der Waals surface area (Å²) in [5, 5.41) is 0. The van der Waals surface area contributed by atoms with Crippen LogP contribution < -0.4 is 10.6 Å². The van der Waals surface area contributed by atoms with E-state index in [0.29, 0.717) is 12.2 Å². The molecule has 0 saturated heterocycles. The summed E-state index contributed by atoms with van der Waals surface area (Å²) in [6.07, 6.45) is 0. The van der Waals surface area contributed by atoms with Gasteiger partial charge < -0.3 is 10.6 Å². The van der Waals surface area contributed by atoms with Crippen LogP contribution >= 0.6 is 0 Å². The normalized spacial score (nSPS) is 10.3. The van der Waals surface area contributed by atoms with Crippen LogP contribution in [0.15, 0.2) is 42.5 Å². The first kappa shape index (κ1) is 14.0. The fourth-order valence-corrected chi connectivity index (χ4v) is 1.96. The first-order chi connectivity index (χ1) is 9.51. The lowest BCUT2D eigenvalue weighted by Gasteiger charge is -2.21. The van der Waals surface area contributed by atoms with Crippen molar-refractivity contribution in [2.45, 2.75) is 6.92 Å². The van der Waals surface area contributed by atoms with Crippen molar-refractivity contribution >= 4 is 17.3 Å². The Bertz CT molecular complexity index is 606. The molecule has 20 heavy (non-hydrogen) atoms. The zero-order chi connectivity index (χ0) is 14.7. The molecular formula is C15H14F2N2O. The van der Waals surface area contributed by atoms with Gasteiger partial charge in [0.1, 0.15) is 11.6 Å². The van der Waals surface area contributed by atoms with Gasteiger partial charge in [-0.3, -0.25) is 4.79 Å². The van der Waals surface area contributed by atoms with Crippen LogP contribution in [0.5, 0.6) is 0 Å². The first-order valence-corrected chi connectivity index (χ1v) is 6.14. The fourth-order valence-electron chi connectivity index (χ4n) is 1.96. The van der Waals surface area contributed by atoms with E-state index in [-0.39, 0.29) is 23.0 Å². The third-order valence-electron chi connectivity index (χ3n) is 2.87. The largest absolute Gasteiger partial charge is 0.399 e. The Kier molecular flexibility index (Phi) is 3.98. The number of carbonyl (C=O) groups excluding carboxylic acids is 1. The summed E-state index contributed by atoms with van der Waals surface area (Å²) in [6, 6.07) is 9.22. The van der Waals surface area contributed by atoms with E-state index < -0.39 is 5.82 Å². The lowest BCUT2D eigenvalue weighted by atomic mass is 10.1. The van der Waals surface area contributed by atoms with Gasteiger partial charge in [-0.2, -0.15) is 0 Å². The van der Waals surface area contributed by atoms with Gasteiger partial charge in [-0.15, -0.1) is 0 Å². The minimum atomic E-state index is -0.566. The first-order valence-electron chi connectivity index (χ1n) is 6.14. The molecule has 0 atom stereocenters. The van der Waals surface area contributed by atoms with Crippen molar-refractivity contribution in [1.82, 2.24) is 0 Å². The van der Waals surface area contributed by atoms with Gasteiger partial charge in [-0.1, -0.05) is 0 Å². The Labute approximate surface area is 115 Å². The van der Waals surface area contributed by atoms with Gasteiger partial charge in [0.2, 0.25) is 0 Å². The second-order valence-electron chi connectivity index (χ2n) is 4.30. The lowest BCUT2D eigenvalue weighted by molar-refractivity contribution is 0.0988. The molecular weight excluding hydrogens is 262 g/mol. The number of carbonyl (C=O) groups is 1. The smallest absolute Gasteiger partial charge is 0.258 e. The zero-order valence-electron chi connectivity index (χ0n) is 10.9. The molecule has 2 aromatic rings. The van der Waals surface area contributed by atoms with E-state index in [1.54, 1.807) is 6.92 Å². The molecule has 2 aromatic carbocycles. The van der Waals surface area contributed by atoms with Crippen LogP contribution in [0, 0.1) is 11.6 Å². The highest BCUT2D eigenvalue weighted by Crippen LogP contribution is 2.19. The van der Waals surface area contributed by atoms with Crippen molar-refractivity contribution in [2.24, 2.45) is 0 Å². The average Bonchev–Trinajstić information content (AvgIpc) is 2.40. The van der Waals surface area contributed by atoms with E-state index in [2.05, 4.69) is 0 Å². The van der Waals surface area contributed by atoms with E-state index in [9.17, 15) is 13.6 Å². The second-order valence-corrected chi connectivity index (χ2v) is 4.30. The number of hydrogen-bond donors (Lipinski definition) is 1. The number of nitrogens with zero attached hydrogens (tertiary/aromatic N) is 1. The quantitative estimate of drug-likeness (QED) is 0.875. The highest BCUT2D eigenvalue weighted by atomic mass is 19.1. The molecule has 1 amide bonds. The SMILES string of the molecule is CCN(C(=O)c1cc(N)cc(F)c1)c1ccc(F)cc1. The molecule has 0 fully saturated rings. The summed E-state index contributed by atoms with van der Waals surface area (Å²) < 4.78 is 26.2. The van der Waals surface area contributed by atoms with Crippen LogP contribution in [-0.2, 0) is 0 Å². The Hall–Kier alpha value is -2.43. The molecule has 0 radical (unpaired) electrons. The topological polar surface area (TPSA) is 46.3 Å². The molecule has 0 spiro atoms. The van der Waals surface area contributed by atoms with Crippen LogP contribution in [-0.4, -0.2) is 12.5 Å². The highest BCUT2D eigenvalue weighted by molar-refractivity contribution is 6.06. The van der Waals surface area contributed by atoms with Crippen LogP contribution in [0.25, 0.3) is 0 Å². The molecule has 0 heterocycles. The van der Waals surface area contributed by atoms with E-state index in [1.807, 2.05) is 0 Å². The van der Waals surface area contributed by atoms with Crippen molar-refractivity contribution in [3.05, 3.63) is 59.7 Å². The van der Waals surface area contributed by atoms with E-state index in [4.69, 9.17) is 5.73 Å². The Morgan fingerprint density at radius 1 is 1.10 bits per heavy atom.